The summed E-state index contributed by atoms with van der Waals surface area (Å²) in [7, 11) is 1.51. The SMILES string of the molecule is COCCCC(NC(=O)Nc1ccc(Br)c(F)c1)C(=O)O. The van der Waals surface area contributed by atoms with Crippen LogP contribution in [0.25, 0.3) is 0 Å². The maximum Gasteiger partial charge on any atom is 0.326 e. The fourth-order valence-corrected chi connectivity index (χ4v) is 1.84. The lowest BCUT2D eigenvalue weighted by atomic mass is 10.1. The van der Waals surface area contributed by atoms with Gasteiger partial charge in [-0.1, -0.05) is 0 Å². The Morgan fingerprint density at radius 3 is 2.76 bits per heavy atom. The van der Waals surface area contributed by atoms with Crippen molar-refractivity contribution in [3.05, 3.63) is 28.5 Å². The number of aliphatic carboxylic acids is 1. The van der Waals surface area contributed by atoms with E-state index in [0.29, 0.717) is 13.0 Å². The maximum atomic E-state index is 13.3. The van der Waals surface area contributed by atoms with E-state index in [-0.39, 0.29) is 16.6 Å². The summed E-state index contributed by atoms with van der Waals surface area (Å²) in [6, 6.07) is 2.33. The molecule has 1 unspecified atom stereocenters. The van der Waals surface area contributed by atoms with Crippen LogP contribution in [0.3, 0.4) is 0 Å². The van der Waals surface area contributed by atoms with E-state index in [4.69, 9.17) is 9.84 Å². The van der Waals surface area contributed by atoms with Gasteiger partial charge in [-0.05, 0) is 47.0 Å². The zero-order chi connectivity index (χ0) is 15.8. The summed E-state index contributed by atoms with van der Waals surface area (Å²) in [5.74, 6) is -1.66. The molecule has 0 fully saturated rings. The summed E-state index contributed by atoms with van der Waals surface area (Å²) in [5, 5.41) is 13.7. The minimum atomic E-state index is -1.14. The van der Waals surface area contributed by atoms with E-state index in [1.807, 2.05) is 0 Å². The van der Waals surface area contributed by atoms with Crippen molar-refractivity contribution in [1.29, 1.82) is 0 Å². The van der Waals surface area contributed by atoms with Crippen molar-refractivity contribution in [3.63, 3.8) is 0 Å². The van der Waals surface area contributed by atoms with Crippen molar-refractivity contribution in [3.8, 4) is 0 Å². The molecule has 21 heavy (non-hydrogen) atoms. The summed E-state index contributed by atoms with van der Waals surface area (Å²) in [6.45, 7) is 0.408. The molecule has 0 radical (unpaired) electrons. The Hall–Kier alpha value is -1.67. The summed E-state index contributed by atoms with van der Waals surface area (Å²) in [4.78, 5) is 22.7. The Labute approximate surface area is 129 Å². The number of urea groups is 1. The number of carboxylic acids is 1. The van der Waals surface area contributed by atoms with E-state index in [2.05, 4.69) is 26.6 Å². The van der Waals surface area contributed by atoms with Crippen LogP contribution < -0.4 is 10.6 Å². The third-order valence-electron chi connectivity index (χ3n) is 2.62. The monoisotopic (exact) mass is 362 g/mol. The highest BCUT2D eigenvalue weighted by Gasteiger charge is 2.19. The predicted molar refractivity (Wildman–Crippen MR) is 78.8 cm³/mol. The number of carboxylic acid groups (broad SMARTS) is 1. The molecule has 0 heterocycles. The highest BCUT2D eigenvalue weighted by molar-refractivity contribution is 9.10. The van der Waals surface area contributed by atoms with Gasteiger partial charge in [-0.2, -0.15) is 0 Å². The first-order valence-corrected chi connectivity index (χ1v) is 6.97. The minimum Gasteiger partial charge on any atom is -0.480 e. The molecule has 6 nitrogen and oxygen atoms in total. The van der Waals surface area contributed by atoms with E-state index in [1.165, 1.54) is 19.2 Å². The van der Waals surface area contributed by atoms with Crippen LogP contribution in [0.4, 0.5) is 14.9 Å². The van der Waals surface area contributed by atoms with Crippen molar-refractivity contribution in [2.75, 3.05) is 19.0 Å². The van der Waals surface area contributed by atoms with E-state index in [1.54, 1.807) is 0 Å². The molecule has 0 bridgehead atoms. The zero-order valence-electron chi connectivity index (χ0n) is 11.4. The van der Waals surface area contributed by atoms with Gasteiger partial charge in [-0.15, -0.1) is 0 Å². The maximum absolute atomic E-state index is 13.3. The molecule has 0 aliphatic heterocycles. The number of carbonyl (C=O) groups excluding carboxylic acids is 1. The van der Waals surface area contributed by atoms with Crippen LogP contribution in [-0.4, -0.2) is 36.9 Å². The molecule has 1 rings (SSSR count). The number of halogens is 2. The van der Waals surface area contributed by atoms with Crippen molar-refractivity contribution in [2.24, 2.45) is 0 Å². The first-order chi connectivity index (χ1) is 9.93. The number of carbonyl (C=O) groups is 2. The lowest BCUT2D eigenvalue weighted by Gasteiger charge is -2.15. The van der Waals surface area contributed by atoms with Gasteiger partial charge in [0, 0.05) is 19.4 Å². The highest BCUT2D eigenvalue weighted by Crippen LogP contribution is 2.19. The van der Waals surface area contributed by atoms with Gasteiger partial charge in [0.25, 0.3) is 0 Å². The van der Waals surface area contributed by atoms with Gasteiger partial charge < -0.3 is 20.5 Å². The Kier molecular flexibility index (Phi) is 7.10. The third kappa shape index (κ3) is 6.09. The molecule has 0 spiro atoms. The number of benzene rings is 1. The van der Waals surface area contributed by atoms with Gasteiger partial charge in [0.05, 0.1) is 4.47 Å². The Morgan fingerprint density at radius 2 is 2.19 bits per heavy atom. The molecular formula is C13H16BrFN2O4. The molecular weight excluding hydrogens is 347 g/mol. The normalized spacial score (nSPS) is 11.8. The van der Waals surface area contributed by atoms with Crippen molar-refractivity contribution >= 4 is 33.6 Å². The summed E-state index contributed by atoms with van der Waals surface area (Å²) >= 11 is 3.00. The molecule has 1 aromatic carbocycles. The van der Waals surface area contributed by atoms with Crippen LogP contribution in [0.5, 0.6) is 0 Å². The van der Waals surface area contributed by atoms with Crippen LogP contribution in [-0.2, 0) is 9.53 Å². The second-order valence-electron chi connectivity index (χ2n) is 4.25. The number of methoxy groups -OCH3 is 1. The Morgan fingerprint density at radius 1 is 1.48 bits per heavy atom. The number of rotatable bonds is 7. The third-order valence-corrected chi connectivity index (χ3v) is 3.27. The molecule has 1 aromatic rings. The van der Waals surface area contributed by atoms with Crippen molar-refractivity contribution < 1.29 is 23.8 Å². The summed E-state index contributed by atoms with van der Waals surface area (Å²) < 4.78 is 18.4. The zero-order valence-corrected chi connectivity index (χ0v) is 12.9. The van der Waals surface area contributed by atoms with E-state index < -0.39 is 23.9 Å². The van der Waals surface area contributed by atoms with Gasteiger partial charge in [0.2, 0.25) is 0 Å². The van der Waals surface area contributed by atoms with Gasteiger partial charge in [-0.3, -0.25) is 0 Å². The fraction of sp³-hybridized carbons (Fsp3) is 0.385. The van der Waals surface area contributed by atoms with Crippen LogP contribution in [0.1, 0.15) is 12.8 Å². The van der Waals surface area contributed by atoms with E-state index >= 15 is 0 Å². The van der Waals surface area contributed by atoms with E-state index in [9.17, 15) is 14.0 Å². The molecule has 116 valence electrons. The highest BCUT2D eigenvalue weighted by atomic mass is 79.9. The number of hydrogen-bond acceptors (Lipinski definition) is 3. The number of amides is 2. The molecule has 0 aliphatic carbocycles. The predicted octanol–water partition coefficient (Wildman–Crippen LogP) is 2.59. The average molecular weight is 363 g/mol. The molecule has 1 atom stereocenters. The molecule has 2 amide bonds. The number of hydrogen-bond donors (Lipinski definition) is 3. The largest absolute Gasteiger partial charge is 0.480 e. The molecule has 0 aliphatic rings. The molecule has 3 N–H and O–H groups in total. The number of ether oxygens (including phenoxy) is 1. The van der Waals surface area contributed by atoms with Crippen molar-refractivity contribution in [2.45, 2.75) is 18.9 Å². The van der Waals surface area contributed by atoms with Gasteiger partial charge in [0.15, 0.2) is 0 Å². The van der Waals surface area contributed by atoms with Gasteiger partial charge >= 0.3 is 12.0 Å². The average Bonchev–Trinajstić information content (AvgIpc) is 2.42. The second kappa shape index (κ2) is 8.58. The molecule has 0 aromatic heterocycles. The summed E-state index contributed by atoms with van der Waals surface area (Å²) in [5.41, 5.74) is 0.231. The smallest absolute Gasteiger partial charge is 0.326 e. The molecule has 8 heteroatoms. The lowest BCUT2D eigenvalue weighted by molar-refractivity contribution is -0.139. The van der Waals surface area contributed by atoms with Gasteiger partial charge in [-0.25, -0.2) is 14.0 Å². The quantitative estimate of drug-likeness (QED) is 0.650. The topological polar surface area (TPSA) is 87.7 Å². The summed E-state index contributed by atoms with van der Waals surface area (Å²) in [6.07, 6.45) is 0.742. The van der Waals surface area contributed by atoms with E-state index in [0.717, 1.165) is 6.07 Å². The van der Waals surface area contributed by atoms with Gasteiger partial charge in [0.1, 0.15) is 11.9 Å². The van der Waals surface area contributed by atoms with Crippen LogP contribution in [0.2, 0.25) is 0 Å². The number of nitrogens with one attached hydrogen (secondary N) is 2. The fourth-order valence-electron chi connectivity index (χ4n) is 1.59. The lowest BCUT2D eigenvalue weighted by Crippen LogP contribution is -2.43. The second-order valence-corrected chi connectivity index (χ2v) is 5.11. The van der Waals surface area contributed by atoms with Crippen LogP contribution in [0, 0.1) is 5.82 Å². The first kappa shape index (κ1) is 17.4. The number of anilines is 1. The standard InChI is InChI=1S/C13H16BrFN2O4/c1-21-6-2-3-11(12(18)19)17-13(20)16-8-4-5-9(14)10(15)7-8/h4-5,7,11H,2-3,6H2,1H3,(H,18,19)(H2,16,17,20). The van der Waals surface area contributed by atoms with Crippen molar-refractivity contribution in [1.82, 2.24) is 5.32 Å². The molecule has 0 saturated heterocycles. The van der Waals surface area contributed by atoms with Crippen LogP contribution >= 0.6 is 15.9 Å². The van der Waals surface area contributed by atoms with Crippen LogP contribution in [0.15, 0.2) is 22.7 Å². The minimum absolute atomic E-state index is 0.231. The Balaban J connectivity index is 2.56. The Bertz CT molecular complexity index is 513. The molecule has 0 saturated carbocycles. The first-order valence-electron chi connectivity index (χ1n) is 6.18.